The van der Waals surface area contributed by atoms with Crippen LogP contribution in [0.3, 0.4) is 0 Å². The molecule has 0 unspecified atom stereocenters. The fourth-order valence-corrected chi connectivity index (χ4v) is 3.93. The molecule has 5 heteroatoms. The lowest BCUT2D eigenvalue weighted by Crippen LogP contribution is -2.11. The molecule has 1 aliphatic rings. The van der Waals surface area contributed by atoms with Crippen LogP contribution in [0.25, 0.3) is 11.6 Å². The maximum atomic E-state index is 12.2. The monoisotopic (exact) mass is 423 g/mol. The van der Waals surface area contributed by atoms with Crippen molar-refractivity contribution in [1.82, 2.24) is 4.98 Å². The van der Waals surface area contributed by atoms with Gasteiger partial charge in [-0.15, -0.1) is 0 Å². The largest absolute Gasteiger partial charge is 0.462 e. The van der Waals surface area contributed by atoms with Crippen molar-refractivity contribution in [1.29, 1.82) is 5.26 Å². The molecule has 1 saturated carbocycles. The first kappa shape index (κ1) is 26.3. The molecule has 1 aromatic rings. The zero-order valence-corrected chi connectivity index (χ0v) is 19.9. The molecule has 0 aromatic carbocycles. The third kappa shape index (κ3) is 7.79. The van der Waals surface area contributed by atoms with E-state index in [4.69, 9.17) is 10.00 Å². The summed E-state index contributed by atoms with van der Waals surface area (Å²) in [5.41, 5.74) is 3.92. The Morgan fingerprint density at radius 3 is 2.58 bits per heavy atom. The second kappa shape index (κ2) is 14.3. The molecule has 1 aliphatic carbocycles. The molecule has 0 aliphatic heterocycles. The number of aliphatic imine (C=N–C) groups is 1. The number of nitriles is 1. The number of hydrogen-bond donors (Lipinski definition) is 0. The highest BCUT2D eigenvalue weighted by atomic mass is 16.5. The first-order valence-corrected chi connectivity index (χ1v) is 11.2. The zero-order chi connectivity index (χ0) is 23.2. The molecule has 2 rings (SSSR count). The molecule has 1 aromatic heterocycles. The first-order valence-electron chi connectivity index (χ1n) is 11.2. The maximum Gasteiger partial charge on any atom is 0.340 e. The van der Waals surface area contributed by atoms with Crippen LogP contribution in [0.4, 0.5) is 0 Å². The fourth-order valence-electron chi connectivity index (χ4n) is 3.93. The molecule has 0 saturated heterocycles. The lowest BCUT2D eigenvalue weighted by Gasteiger charge is -2.14. The van der Waals surface area contributed by atoms with Gasteiger partial charge < -0.3 is 4.74 Å². The lowest BCUT2D eigenvalue weighted by atomic mass is 9.90. The second-order valence-electron chi connectivity index (χ2n) is 7.78. The van der Waals surface area contributed by atoms with E-state index in [1.54, 1.807) is 26.4 Å². The predicted octanol–water partition coefficient (Wildman–Crippen LogP) is 6.43. The van der Waals surface area contributed by atoms with Crippen molar-refractivity contribution >= 4 is 23.8 Å². The van der Waals surface area contributed by atoms with Gasteiger partial charge in [-0.1, -0.05) is 50.8 Å². The van der Waals surface area contributed by atoms with Crippen molar-refractivity contribution in [3.63, 3.8) is 0 Å². The van der Waals surface area contributed by atoms with E-state index in [0.717, 1.165) is 34.7 Å². The summed E-state index contributed by atoms with van der Waals surface area (Å²) in [5, 5.41) is 8.45. The van der Waals surface area contributed by atoms with Gasteiger partial charge in [-0.25, -0.2) is 4.79 Å². The van der Waals surface area contributed by atoms with Crippen LogP contribution in [0.1, 0.15) is 87.0 Å². The van der Waals surface area contributed by atoms with Crippen molar-refractivity contribution in [3.05, 3.63) is 40.7 Å². The normalized spacial score (nSPS) is 15.6. The smallest absolute Gasteiger partial charge is 0.340 e. The minimum absolute atomic E-state index is 0.331. The number of carbonyl (C=O) groups is 1. The van der Waals surface area contributed by atoms with Gasteiger partial charge in [0.15, 0.2) is 0 Å². The molecule has 0 N–H and O–H groups in total. The minimum atomic E-state index is -0.366. The molecular weight excluding hydrogens is 386 g/mol. The summed E-state index contributed by atoms with van der Waals surface area (Å²) in [6, 6.07) is 2.24. The highest BCUT2D eigenvalue weighted by Crippen LogP contribution is 2.32. The number of esters is 1. The Bertz CT molecular complexity index is 841. The molecule has 1 heterocycles. The van der Waals surface area contributed by atoms with Crippen molar-refractivity contribution in [3.8, 4) is 6.07 Å². The number of ether oxygens (including phenoxy) is 1. The number of rotatable bonds is 7. The van der Waals surface area contributed by atoms with Crippen molar-refractivity contribution in [2.24, 2.45) is 16.8 Å². The molecule has 31 heavy (non-hydrogen) atoms. The minimum Gasteiger partial charge on any atom is -0.462 e. The summed E-state index contributed by atoms with van der Waals surface area (Å²) in [5.74, 6) is 1.14. The summed E-state index contributed by atoms with van der Waals surface area (Å²) >= 11 is 0. The number of pyridine rings is 1. The van der Waals surface area contributed by atoms with Crippen LogP contribution < -0.4 is 0 Å². The van der Waals surface area contributed by atoms with Gasteiger partial charge in [0.2, 0.25) is 0 Å². The van der Waals surface area contributed by atoms with Crippen LogP contribution in [0, 0.1) is 30.1 Å². The molecular formula is C26H37N3O2. The van der Waals surface area contributed by atoms with Crippen molar-refractivity contribution < 1.29 is 9.53 Å². The Morgan fingerprint density at radius 2 is 2.06 bits per heavy atom. The number of aryl methyl sites for hydroxylation is 1. The standard InChI is InChI=1S/C17H22N2O2.C9H15N/c1-6-9-14-12(4)19-11-15(17(20)21-8-3)16(14)13(7-2)10-18-5;1-8(6-7-10)9-4-2-3-5-9/h6-7,9-11H,8H2,1-5H3;8-9H,2-6H2,1H3/b9-6-,13-7+,18-10?;/t;8-/m.1/s1. The van der Waals surface area contributed by atoms with E-state index in [9.17, 15) is 4.79 Å². The summed E-state index contributed by atoms with van der Waals surface area (Å²) < 4.78 is 5.14. The van der Waals surface area contributed by atoms with E-state index in [0.29, 0.717) is 18.1 Å². The van der Waals surface area contributed by atoms with Crippen molar-refractivity contribution in [2.75, 3.05) is 13.7 Å². The van der Waals surface area contributed by atoms with Crippen LogP contribution in [0.15, 0.2) is 23.3 Å². The van der Waals surface area contributed by atoms with Gasteiger partial charge in [-0.3, -0.25) is 9.98 Å². The van der Waals surface area contributed by atoms with E-state index in [2.05, 4.69) is 23.0 Å². The SMILES string of the molecule is C/C=C\c1c(C)ncc(C(=O)OCC)c1/C(C=NC)=C/C.C[C@H](CC#N)C1CCCC1. The Hall–Kier alpha value is -2.74. The molecule has 1 atom stereocenters. The van der Waals surface area contributed by atoms with Gasteiger partial charge in [0.05, 0.1) is 18.2 Å². The summed E-state index contributed by atoms with van der Waals surface area (Å²) in [4.78, 5) is 20.6. The van der Waals surface area contributed by atoms with Gasteiger partial charge in [0, 0.05) is 42.7 Å². The third-order valence-corrected chi connectivity index (χ3v) is 5.63. The summed E-state index contributed by atoms with van der Waals surface area (Å²) in [7, 11) is 1.71. The van der Waals surface area contributed by atoms with E-state index in [1.165, 1.54) is 25.7 Å². The van der Waals surface area contributed by atoms with Gasteiger partial charge in [0.25, 0.3) is 0 Å². The Morgan fingerprint density at radius 1 is 1.39 bits per heavy atom. The molecule has 0 amide bonds. The molecule has 1 fully saturated rings. The predicted molar refractivity (Wildman–Crippen MR) is 129 cm³/mol. The topological polar surface area (TPSA) is 75.3 Å². The Labute approximate surface area is 187 Å². The summed E-state index contributed by atoms with van der Waals surface area (Å²) in [6.07, 6.45) is 15.4. The number of allylic oxidation sites excluding steroid dienone is 3. The number of hydrogen-bond acceptors (Lipinski definition) is 5. The van der Waals surface area contributed by atoms with Crippen LogP contribution in [0.2, 0.25) is 0 Å². The number of nitrogens with zero attached hydrogens (tertiary/aromatic N) is 3. The quantitative estimate of drug-likeness (QED) is 0.374. The first-order chi connectivity index (χ1) is 14.9. The molecule has 0 radical (unpaired) electrons. The highest BCUT2D eigenvalue weighted by Gasteiger charge is 2.21. The van der Waals surface area contributed by atoms with Gasteiger partial charge in [-0.2, -0.15) is 5.26 Å². The summed E-state index contributed by atoms with van der Waals surface area (Å²) in [6.45, 7) is 10.1. The van der Waals surface area contributed by atoms with Crippen LogP contribution >= 0.6 is 0 Å². The molecule has 5 nitrogen and oxygen atoms in total. The van der Waals surface area contributed by atoms with Crippen molar-refractivity contribution in [2.45, 2.75) is 66.7 Å². The number of aromatic nitrogens is 1. The van der Waals surface area contributed by atoms with Crippen LogP contribution in [-0.4, -0.2) is 30.8 Å². The highest BCUT2D eigenvalue weighted by molar-refractivity contribution is 6.14. The van der Waals surface area contributed by atoms with Gasteiger partial charge in [-0.05, 0) is 45.1 Å². The van der Waals surface area contributed by atoms with Crippen LogP contribution in [0.5, 0.6) is 0 Å². The van der Waals surface area contributed by atoms with E-state index >= 15 is 0 Å². The van der Waals surface area contributed by atoms with E-state index in [-0.39, 0.29) is 5.97 Å². The fraction of sp³-hybridized carbons (Fsp3) is 0.538. The Kier molecular flexibility index (Phi) is 12.1. The second-order valence-corrected chi connectivity index (χ2v) is 7.78. The molecule has 0 spiro atoms. The molecule has 0 bridgehead atoms. The average Bonchev–Trinajstić information content (AvgIpc) is 3.29. The van der Waals surface area contributed by atoms with Gasteiger partial charge in [0.1, 0.15) is 0 Å². The van der Waals surface area contributed by atoms with E-state index in [1.807, 2.05) is 39.0 Å². The third-order valence-electron chi connectivity index (χ3n) is 5.63. The Balaban J connectivity index is 0.000000399. The molecule has 168 valence electrons. The zero-order valence-electron chi connectivity index (χ0n) is 19.9. The number of carbonyl (C=O) groups excluding carboxylic acids is 1. The van der Waals surface area contributed by atoms with E-state index < -0.39 is 0 Å². The van der Waals surface area contributed by atoms with Crippen LogP contribution in [-0.2, 0) is 4.74 Å². The average molecular weight is 424 g/mol. The lowest BCUT2D eigenvalue weighted by molar-refractivity contribution is 0.0525. The maximum absolute atomic E-state index is 12.2. The van der Waals surface area contributed by atoms with Gasteiger partial charge >= 0.3 is 5.97 Å².